The highest BCUT2D eigenvalue weighted by atomic mass is 16.7. The number of likely N-dealkylation sites (tertiary alicyclic amines) is 3. The molecule has 4 fully saturated rings. The van der Waals surface area contributed by atoms with E-state index in [-0.39, 0.29) is 69.7 Å². The lowest BCUT2D eigenvalue weighted by atomic mass is 9.53. The van der Waals surface area contributed by atoms with E-state index in [0.29, 0.717) is 59.2 Å². The Labute approximate surface area is 530 Å². The van der Waals surface area contributed by atoms with Crippen LogP contribution in [0, 0.1) is 23.7 Å². The third-order valence-corrected chi connectivity index (χ3v) is 25.1. The fraction of sp³-hybridized carbons (Fsp3) is 0.534. The highest BCUT2D eigenvalue weighted by molar-refractivity contribution is 5.73. The minimum Gasteiger partial charge on any atom is -0.504 e. The van der Waals surface area contributed by atoms with E-state index in [1.165, 1.54) is 52.8 Å². The molecule has 8 aliphatic heterocycles. The lowest BCUT2D eigenvalue weighted by Crippen LogP contribution is -2.65. The van der Waals surface area contributed by atoms with Crippen molar-refractivity contribution in [3.05, 3.63) is 142 Å². The number of methoxy groups -OCH3 is 2. The standard InChI is InChI=1S/C21H23NO5.C18H21NO3.2C17H19NO3/c1-11(23)25-16-6-4-13-10-15-14-5-7-17(26-12(2)24)20-21(14,8-9-22(15)3)18(13)19(16)27-20;1-19-8-7-18-11-4-5-13(20)17(18)22-16-14(21-2)6-3-10(15(16)18)9-12(11)19;1-20-13-5-2-9-8-11-10-3-4-12(19)16-17(10,6-7-18-11)14(9)15(13)21-16;1-18-7-6-17-10-3-5-13(20)16(17)21-15-12(19)4-2-9(14(15)17)8-11(10)18/h4-7,14-15,17,20H,8-10H2,1-3H3;3-6,11-13,17,20H,7-9H2,1-2H3;2-5,10-12,16,18-19H,6-8H2,1H3;2-5,10-11,13,16,19-20H,6-8H2,1H3/t14?,15-,17+,20?,21+;11?,12-,13+,17?,18+;10?,11-,12+,16?,17+;10?,11-,13+,16?,17+/m1111/s1/i1+1,2+1,3+1,11+1,12+1;1+1;;1+1. The lowest BCUT2D eigenvalue weighted by molar-refractivity contribution is -0.152. The monoisotopic (exact) mass is 1250 g/mol. The number of aromatic hydroxyl groups is 1. The van der Waals surface area contributed by atoms with Gasteiger partial charge >= 0.3 is 11.9 Å². The smallest absolute Gasteiger partial charge is 0.308 e. The Morgan fingerprint density at radius 3 is 1.36 bits per heavy atom. The number of aliphatic hydroxyl groups is 3. The van der Waals surface area contributed by atoms with Crippen molar-refractivity contribution in [1.82, 2.24) is 20.0 Å². The maximum absolute atomic E-state index is 11.7. The van der Waals surface area contributed by atoms with Crippen molar-refractivity contribution in [3.8, 4) is 46.0 Å². The summed E-state index contributed by atoms with van der Waals surface area (Å²) in [6.45, 7) is 6.82. The van der Waals surface area contributed by atoms with Gasteiger partial charge in [-0.1, -0.05) is 66.8 Å². The molecule has 8 aliphatic carbocycles. The van der Waals surface area contributed by atoms with Gasteiger partial charge in [0.05, 0.1) is 14.2 Å². The maximum atomic E-state index is 11.7. The molecule has 18 nitrogen and oxygen atoms in total. The Morgan fingerprint density at radius 2 is 0.879 bits per heavy atom. The van der Waals surface area contributed by atoms with Gasteiger partial charge in [-0.25, -0.2) is 0 Å². The molecule has 20 atom stereocenters. The van der Waals surface area contributed by atoms with E-state index >= 15 is 0 Å². The number of phenols is 1. The molecule has 8 bridgehead atoms. The van der Waals surface area contributed by atoms with E-state index in [1.807, 2.05) is 48.6 Å². The summed E-state index contributed by atoms with van der Waals surface area (Å²) in [6.07, 6.45) is 21.5. The van der Waals surface area contributed by atoms with E-state index in [9.17, 15) is 30.0 Å². The predicted octanol–water partition coefficient (Wildman–Crippen LogP) is 5.85. The molecule has 20 rings (SSSR count). The molecular weight excluding hydrogens is 1160 g/mol. The number of aliphatic hydroxyl groups excluding tert-OH is 3. The number of piperidine rings is 4. The average Bonchev–Trinajstić information content (AvgIpc) is 1.61. The van der Waals surface area contributed by atoms with E-state index in [1.54, 1.807) is 20.3 Å². The summed E-state index contributed by atoms with van der Waals surface area (Å²) in [6, 6.07) is 17.8. The summed E-state index contributed by atoms with van der Waals surface area (Å²) in [5.74, 6) is 6.05. The third-order valence-electron chi connectivity index (χ3n) is 25.1. The number of nitrogens with one attached hydrogen (secondary N) is 1. The van der Waals surface area contributed by atoms with Crippen LogP contribution in [0.4, 0.5) is 0 Å². The summed E-state index contributed by atoms with van der Waals surface area (Å²) < 4.78 is 47.2. The topological polar surface area (TPSA) is 211 Å². The van der Waals surface area contributed by atoms with Crippen molar-refractivity contribution >= 4 is 11.9 Å². The number of phenolic OH excluding ortho intramolecular Hbond substituents is 1. The number of carbonyl (C=O) groups is 2. The minimum absolute atomic E-state index is 0.0806. The number of ether oxygens (including phenoxy) is 8. The fourth-order valence-electron chi connectivity index (χ4n) is 21.5. The average molecular weight is 1250 g/mol. The van der Waals surface area contributed by atoms with E-state index in [2.05, 4.69) is 83.7 Å². The molecule has 5 N–H and O–H groups in total. The molecule has 478 valence electrons. The van der Waals surface area contributed by atoms with Crippen LogP contribution >= 0.6 is 0 Å². The number of rotatable bonds is 4. The SMILES string of the molecule is COc1ccc2c3c1OC1[C@@H](O)C=CC4[C@@H](C2)N([13CH3])CC[C@@]341.COc1ccc2c3c1OC1[C@@H](O)C=CC4[C@@H](C2)NCC[C@]314.[13CH3]N1CC[C@]23c4c5ccc(O)c4OC2[C@@H](O)C=CC3[C@H]1C5.[13CH3][13C](=O)Oc1ccc2c3c1OC1[C@@H](O[13C]([13CH3])=O)C=CC4[C@@H](C2)N([13CH3])CC[C@]314. The number of carbonyl (C=O) groups excluding carboxylic acids is 2. The minimum atomic E-state index is -0.594. The summed E-state index contributed by atoms with van der Waals surface area (Å²) in [4.78, 5) is 30.6. The first-order chi connectivity index (χ1) is 44.0. The maximum Gasteiger partial charge on any atom is 0.308 e. The van der Waals surface area contributed by atoms with Crippen LogP contribution in [0.25, 0.3) is 0 Å². The number of hydrogen-bond donors (Lipinski definition) is 5. The zero-order valence-corrected chi connectivity index (χ0v) is 52.7. The van der Waals surface area contributed by atoms with Crippen LogP contribution < -0.4 is 38.5 Å². The summed E-state index contributed by atoms with van der Waals surface area (Å²) in [5.41, 5.74) is 9.62. The molecular formula is C73H82N4O14. The van der Waals surface area contributed by atoms with Crippen LogP contribution in [0.15, 0.2) is 97.1 Å². The molecule has 0 amide bonds. The quantitative estimate of drug-likeness (QED) is 0.0703. The Morgan fingerprint density at radius 1 is 0.484 bits per heavy atom. The van der Waals surface area contributed by atoms with Gasteiger partial charge in [0.1, 0.15) is 42.7 Å². The molecule has 0 aromatic heterocycles. The molecule has 4 saturated heterocycles. The molecule has 4 aromatic rings. The van der Waals surface area contributed by atoms with Crippen LogP contribution in [0.2, 0.25) is 0 Å². The predicted molar refractivity (Wildman–Crippen MR) is 335 cm³/mol. The molecule has 0 saturated carbocycles. The number of nitrogens with zero attached hydrogens (tertiary/aromatic N) is 3. The first-order valence-electron chi connectivity index (χ1n) is 33.0. The van der Waals surface area contributed by atoms with Gasteiger partial charge in [0.25, 0.3) is 0 Å². The first-order valence-corrected chi connectivity index (χ1v) is 33.0. The number of esters is 2. The molecule has 18 heteroatoms. The van der Waals surface area contributed by atoms with Gasteiger partial charge in [0.15, 0.2) is 52.1 Å². The molecule has 0 radical (unpaired) electrons. The van der Waals surface area contributed by atoms with Gasteiger partial charge in [-0.3, -0.25) is 9.59 Å². The van der Waals surface area contributed by atoms with E-state index < -0.39 is 24.4 Å². The Kier molecular flexibility index (Phi) is 13.1. The first kappa shape index (κ1) is 58.0. The van der Waals surface area contributed by atoms with Crippen LogP contribution in [0.1, 0.15) is 84.0 Å². The summed E-state index contributed by atoms with van der Waals surface area (Å²) >= 11 is 0. The van der Waals surface area contributed by atoms with Gasteiger partial charge in [-0.15, -0.1) is 0 Å². The second-order valence-corrected chi connectivity index (χ2v) is 28.8. The second-order valence-electron chi connectivity index (χ2n) is 28.8. The van der Waals surface area contributed by atoms with Crippen LogP contribution in [0.5, 0.6) is 46.0 Å². The third kappa shape index (κ3) is 7.72. The molecule has 8 heterocycles. The summed E-state index contributed by atoms with van der Waals surface area (Å²) in [7, 11) is 9.95. The largest absolute Gasteiger partial charge is 0.504 e. The second kappa shape index (κ2) is 20.5. The van der Waals surface area contributed by atoms with Crippen molar-refractivity contribution < 1.29 is 67.9 Å². The van der Waals surface area contributed by atoms with Crippen molar-refractivity contribution in [3.63, 3.8) is 0 Å². The highest BCUT2D eigenvalue weighted by Gasteiger charge is 2.69. The van der Waals surface area contributed by atoms with Crippen molar-refractivity contribution in [2.45, 2.75) is 160 Å². The molecule has 8 unspecified atom stereocenters. The lowest BCUT2D eigenvalue weighted by Gasteiger charge is -2.56. The van der Waals surface area contributed by atoms with Gasteiger partial charge < -0.3 is 78.3 Å². The van der Waals surface area contributed by atoms with E-state index in [0.717, 1.165) is 106 Å². The molecule has 4 spiro atoms. The van der Waals surface area contributed by atoms with Crippen LogP contribution in [0.3, 0.4) is 0 Å². The Balaban J connectivity index is 0.0000000937. The van der Waals surface area contributed by atoms with Gasteiger partial charge in [0.2, 0.25) is 0 Å². The normalized spacial score (nSPS) is 39.8. The molecule has 4 aromatic carbocycles. The van der Waals surface area contributed by atoms with Gasteiger partial charge in [-0.2, -0.15) is 0 Å². The Bertz CT molecular complexity index is 3870. The molecule has 91 heavy (non-hydrogen) atoms. The van der Waals surface area contributed by atoms with Crippen molar-refractivity contribution in [2.75, 3.05) is 61.5 Å². The number of benzene rings is 4. The summed E-state index contributed by atoms with van der Waals surface area (Å²) in [5, 5.41) is 45.3. The van der Waals surface area contributed by atoms with Crippen LogP contribution in [-0.2, 0) is 61.7 Å². The van der Waals surface area contributed by atoms with Gasteiger partial charge in [0, 0.05) is 106 Å². The zero-order chi connectivity index (χ0) is 62.5. The molecule has 16 aliphatic rings. The van der Waals surface area contributed by atoms with Crippen molar-refractivity contribution in [2.24, 2.45) is 23.7 Å². The van der Waals surface area contributed by atoms with E-state index in [4.69, 9.17) is 37.9 Å². The zero-order valence-electron chi connectivity index (χ0n) is 52.7. The van der Waals surface area contributed by atoms with Crippen LogP contribution in [-0.4, -0.2) is 182 Å². The highest BCUT2D eigenvalue weighted by Crippen LogP contribution is 2.67. The Hall–Kier alpha value is -6.90. The fourth-order valence-corrected chi connectivity index (χ4v) is 21.5. The number of likely N-dealkylation sites (N-methyl/N-ethyl adjacent to an activating group) is 3. The number of hydrogen-bond acceptors (Lipinski definition) is 18. The van der Waals surface area contributed by atoms with Gasteiger partial charge in [-0.05, 0) is 151 Å². The van der Waals surface area contributed by atoms with Crippen molar-refractivity contribution in [1.29, 1.82) is 0 Å².